The van der Waals surface area contributed by atoms with Crippen molar-refractivity contribution in [3.8, 4) is 0 Å². The third kappa shape index (κ3) is 4.13. The van der Waals surface area contributed by atoms with Crippen LogP contribution in [0.5, 0.6) is 0 Å². The van der Waals surface area contributed by atoms with Gasteiger partial charge in [0, 0.05) is 0 Å². The van der Waals surface area contributed by atoms with Gasteiger partial charge in [-0.1, -0.05) is 84.9 Å². The van der Waals surface area contributed by atoms with E-state index in [1.54, 1.807) is 0 Å². The highest BCUT2D eigenvalue weighted by Crippen LogP contribution is 2.27. The molecule has 0 aromatic heterocycles. The minimum atomic E-state index is -0.540. The number of hydrogen-bond acceptors (Lipinski definition) is 3. The SMILES string of the molecule is O=C(Cc1cccc2cc3ccccc3cc12)OC(=O)Cc1cccc2cc3ccccc3cc12. The Hall–Kier alpha value is -4.50. The van der Waals surface area contributed by atoms with Crippen LogP contribution in [-0.2, 0) is 27.2 Å². The molecule has 6 rings (SSSR count). The molecule has 0 spiro atoms. The Morgan fingerprint density at radius 1 is 0.457 bits per heavy atom. The summed E-state index contributed by atoms with van der Waals surface area (Å²) >= 11 is 0. The zero-order valence-corrected chi connectivity index (χ0v) is 19.0. The van der Waals surface area contributed by atoms with Gasteiger partial charge in [0.2, 0.25) is 0 Å². The van der Waals surface area contributed by atoms with E-state index < -0.39 is 11.9 Å². The number of carbonyl (C=O) groups excluding carboxylic acids is 2. The van der Waals surface area contributed by atoms with Gasteiger partial charge >= 0.3 is 11.9 Å². The van der Waals surface area contributed by atoms with Crippen molar-refractivity contribution < 1.29 is 14.3 Å². The van der Waals surface area contributed by atoms with Crippen LogP contribution in [0.3, 0.4) is 0 Å². The van der Waals surface area contributed by atoms with Crippen LogP contribution >= 0.6 is 0 Å². The summed E-state index contributed by atoms with van der Waals surface area (Å²) in [4.78, 5) is 25.4. The quantitative estimate of drug-likeness (QED) is 0.161. The van der Waals surface area contributed by atoms with Gasteiger partial charge in [-0.15, -0.1) is 0 Å². The van der Waals surface area contributed by atoms with Gasteiger partial charge in [0.1, 0.15) is 0 Å². The molecule has 0 N–H and O–H groups in total. The lowest BCUT2D eigenvalue weighted by Crippen LogP contribution is -2.16. The highest BCUT2D eigenvalue weighted by molar-refractivity contribution is 6.02. The molecule has 0 radical (unpaired) electrons. The number of fused-ring (bicyclic) bond motifs is 4. The van der Waals surface area contributed by atoms with Crippen LogP contribution in [0.2, 0.25) is 0 Å². The van der Waals surface area contributed by atoms with E-state index in [9.17, 15) is 9.59 Å². The Bertz CT molecular complexity index is 1630. The second kappa shape index (κ2) is 8.69. The van der Waals surface area contributed by atoms with Crippen LogP contribution in [0.25, 0.3) is 43.1 Å². The summed E-state index contributed by atoms with van der Waals surface area (Å²) in [5, 5.41) is 8.64. The van der Waals surface area contributed by atoms with E-state index in [1.807, 2.05) is 60.7 Å². The van der Waals surface area contributed by atoms with Crippen LogP contribution in [-0.4, -0.2) is 11.9 Å². The van der Waals surface area contributed by atoms with Gasteiger partial charge in [0.05, 0.1) is 12.8 Å². The maximum absolute atomic E-state index is 12.7. The predicted molar refractivity (Wildman–Crippen MR) is 141 cm³/mol. The van der Waals surface area contributed by atoms with Crippen molar-refractivity contribution in [2.45, 2.75) is 12.8 Å². The normalized spacial score (nSPS) is 11.3. The first-order valence-corrected chi connectivity index (χ1v) is 11.7. The first-order chi connectivity index (χ1) is 17.1. The standard InChI is InChI=1S/C32H22O3/c33-31(19-27-13-5-11-25-15-21-7-1-3-9-23(21)17-29(25)27)35-32(34)20-28-14-6-12-26-16-22-8-2-4-10-24(22)18-30(26)28/h1-18H,19-20H2. The Morgan fingerprint density at radius 2 is 0.829 bits per heavy atom. The summed E-state index contributed by atoms with van der Waals surface area (Å²) in [6, 6.07) is 36.5. The summed E-state index contributed by atoms with van der Waals surface area (Å²) < 4.78 is 5.25. The number of carbonyl (C=O) groups is 2. The average molecular weight is 455 g/mol. The Kier molecular flexibility index (Phi) is 5.23. The fourth-order valence-electron chi connectivity index (χ4n) is 4.88. The topological polar surface area (TPSA) is 43.4 Å². The van der Waals surface area contributed by atoms with E-state index >= 15 is 0 Å². The van der Waals surface area contributed by atoms with E-state index in [0.717, 1.165) is 54.2 Å². The number of rotatable bonds is 4. The summed E-state index contributed by atoms with van der Waals surface area (Å²) in [6.07, 6.45) is 0.0865. The molecule has 0 atom stereocenters. The van der Waals surface area contributed by atoms with E-state index in [4.69, 9.17) is 4.74 Å². The minimum absolute atomic E-state index is 0.0432. The van der Waals surface area contributed by atoms with Gasteiger partial charge < -0.3 is 4.74 Å². The number of ether oxygens (including phenoxy) is 1. The van der Waals surface area contributed by atoms with Gasteiger partial charge in [-0.2, -0.15) is 0 Å². The fourth-order valence-corrected chi connectivity index (χ4v) is 4.88. The molecule has 6 aromatic rings. The lowest BCUT2D eigenvalue weighted by molar-refractivity contribution is -0.158. The zero-order chi connectivity index (χ0) is 23.8. The summed E-state index contributed by atoms with van der Waals surface area (Å²) in [7, 11) is 0. The second-order valence-corrected chi connectivity index (χ2v) is 8.87. The predicted octanol–water partition coefficient (Wildman–Crippen LogP) is 7.15. The summed E-state index contributed by atoms with van der Waals surface area (Å²) in [5.74, 6) is -1.08. The van der Waals surface area contributed by atoms with Crippen LogP contribution < -0.4 is 0 Å². The molecule has 0 heterocycles. The number of esters is 2. The maximum Gasteiger partial charge on any atom is 0.317 e. The first kappa shape index (κ1) is 21.1. The van der Waals surface area contributed by atoms with Crippen LogP contribution in [0, 0.1) is 0 Å². The monoisotopic (exact) mass is 454 g/mol. The molecule has 168 valence electrons. The Labute approximate surface area is 202 Å². The molecule has 0 aliphatic heterocycles. The van der Waals surface area contributed by atoms with Crippen LogP contribution in [0.4, 0.5) is 0 Å². The van der Waals surface area contributed by atoms with Crippen molar-refractivity contribution >= 4 is 55.0 Å². The molecule has 0 aliphatic rings. The lowest BCUT2D eigenvalue weighted by Gasteiger charge is -2.10. The molecule has 3 heteroatoms. The molecule has 6 aromatic carbocycles. The van der Waals surface area contributed by atoms with E-state index in [2.05, 4.69) is 48.5 Å². The average Bonchev–Trinajstić information content (AvgIpc) is 2.87. The summed E-state index contributed by atoms with van der Waals surface area (Å²) in [5.41, 5.74) is 1.70. The van der Waals surface area contributed by atoms with Crippen molar-refractivity contribution in [2.24, 2.45) is 0 Å². The van der Waals surface area contributed by atoms with Gasteiger partial charge in [-0.25, -0.2) is 0 Å². The number of hydrogen-bond donors (Lipinski definition) is 0. The minimum Gasteiger partial charge on any atom is -0.393 e. The highest BCUT2D eigenvalue weighted by atomic mass is 16.6. The Morgan fingerprint density at radius 3 is 1.26 bits per heavy atom. The molecular weight excluding hydrogens is 432 g/mol. The maximum atomic E-state index is 12.7. The van der Waals surface area contributed by atoms with Crippen molar-refractivity contribution in [2.75, 3.05) is 0 Å². The largest absolute Gasteiger partial charge is 0.393 e. The molecule has 3 nitrogen and oxygen atoms in total. The molecular formula is C32H22O3. The number of benzene rings is 6. The molecule has 0 bridgehead atoms. The van der Waals surface area contributed by atoms with Crippen LogP contribution in [0.1, 0.15) is 11.1 Å². The van der Waals surface area contributed by atoms with Gasteiger partial charge in [0.25, 0.3) is 0 Å². The second-order valence-electron chi connectivity index (χ2n) is 8.87. The Balaban J connectivity index is 1.23. The smallest absolute Gasteiger partial charge is 0.317 e. The van der Waals surface area contributed by atoms with Gasteiger partial charge in [-0.05, 0) is 78.5 Å². The van der Waals surface area contributed by atoms with Gasteiger partial charge in [0.15, 0.2) is 0 Å². The molecule has 0 saturated carbocycles. The van der Waals surface area contributed by atoms with Crippen molar-refractivity contribution in [1.29, 1.82) is 0 Å². The van der Waals surface area contributed by atoms with Crippen LogP contribution in [0.15, 0.2) is 109 Å². The highest BCUT2D eigenvalue weighted by Gasteiger charge is 2.15. The van der Waals surface area contributed by atoms with Gasteiger partial charge in [-0.3, -0.25) is 9.59 Å². The van der Waals surface area contributed by atoms with Crippen molar-refractivity contribution in [3.05, 3.63) is 120 Å². The first-order valence-electron chi connectivity index (χ1n) is 11.7. The van der Waals surface area contributed by atoms with Crippen molar-refractivity contribution in [3.63, 3.8) is 0 Å². The van der Waals surface area contributed by atoms with Crippen molar-refractivity contribution in [1.82, 2.24) is 0 Å². The fraction of sp³-hybridized carbons (Fsp3) is 0.0625. The zero-order valence-electron chi connectivity index (χ0n) is 19.0. The molecule has 0 unspecified atom stereocenters. The molecule has 0 fully saturated rings. The molecule has 0 amide bonds. The van der Waals surface area contributed by atoms with E-state index in [-0.39, 0.29) is 12.8 Å². The lowest BCUT2D eigenvalue weighted by atomic mass is 9.98. The third-order valence-corrected chi connectivity index (χ3v) is 6.57. The summed E-state index contributed by atoms with van der Waals surface area (Å²) in [6.45, 7) is 0. The molecule has 0 aliphatic carbocycles. The molecule has 0 saturated heterocycles. The van der Waals surface area contributed by atoms with E-state index in [0.29, 0.717) is 0 Å². The van der Waals surface area contributed by atoms with E-state index in [1.165, 1.54) is 0 Å². The third-order valence-electron chi connectivity index (χ3n) is 6.57. The molecule has 35 heavy (non-hydrogen) atoms.